The number of carbonyl (C=O) groups is 1. The Bertz CT molecular complexity index is 1260. The van der Waals surface area contributed by atoms with E-state index in [-0.39, 0.29) is 23.3 Å². The predicted molar refractivity (Wildman–Crippen MR) is 121 cm³/mol. The van der Waals surface area contributed by atoms with Crippen molar-refractivity contribution in [2.45, 2.75) is 31.2 Å². The molecule has 1 amide bonds. The van der Waals surface area contributed by atoms with E-state index in [1.165, 1.54) is 24.3 Å². The smallest absolute Gasteiger partial charge is 0.382 e. The zero-order valence-corrected chi connectivity index (χ0v) is 20.2. The molecule has 0 bridgehead atoms. The van der Waals surface area contributed by atoms with Crippen LogP contribution in [-0.4, -0.2) is 52.1 Å². The lowest BCUT2D eigenvalue weighted by atomic mass is 10.00. The number of hydrogen-bond donors (Lipinski definition) is 2. The van der Waals surface area contributed by atoms with Crippen LogP contribution in [0.5, 0.6) is 0 Å². The Balaban J connectivity index is 1.82. The Hall–Kier alpha value is -3.46. The number of hydrazone groups is 1. The first-order valence-electron chi connectivity index (χ1n) is 10.8. The zero-order valence-electron chi connectivity index (χ0n) is 19.4. The van der Waals surface area contributed by atoms with E-state index >= 15 is 0 Å². The minimum absolute atomic E-state index is 0.148. The normalized spacial score (nSPS) is 15.5. The van der Waals surface area contributed by atoms with E-state index < -0.39 is 66.9 Å². The van der Waals surface area contributed by atoms with Gasteiger partial charge in [-0.05, 0) is 35.9 Å². The standard InChI is InChI=1S/C23H18ClF9N4O2/c1-12-36(10-17(38)22(28,29)30)20(13-5-7-15(24)8-6-13)35-37(12)11-18(39)34-9-14-3-2-4-16(21(25,26)27)19(14)23(31,32)33/h2-8,17,38H,1,9-11H2,(H,34,39). The fourth-order valence-corrected chi connectivity index (χ4v) is 3.73. The number of halogens is 10. The van der Waals surface area contributed by atoms with Gasteiger partial charge in [0, 0.05) is 17.1 Å². The molecule has 39 heavy (non-hydrogen) atoms. The second-order valence-corrected chi connectivity index (χ2v) is 8.62. The predicted octanol–water partition coefficient (Wildman–Crippen LogP) is 5.37. The van der Waals surface area contributed by atoms with Crippen molar-refractivity contribution in [2.24, 2.45) is 5.10 Å². The quantitative estimate of drug-likeness (QED) is 0.427. The number of β-amino-alcohol motifs (C(OH)–C–C–N with tert-alkyl or cyclic N) is 1. The molecule has 2 aromatic carbocycles. The summed E-state index contributed by atoms with van der Waals surface area (Å²) in [5.41, 5.74) is -4.51. The molecule has 1 heterocycles. The first kappa shape index (κ1) is 30.1. The summed E-state index contributed by atoms with van der Waals surface area (Å²) in [5, 5.41) is 16.8. The fraction of sp³-hybridized carbons (Fsp3) is 0.304. The molecule has 2 N–H and O–H groups in total. The number of benzene rings is 2. The molecule has 0 saturated heterocycles. The molecule has 3 rings (SSSR count). The van der Waals surface area contributed by atoms with Crippen LogP contribution in [0.4, 0.5) is 39.5 Å². The summed E-state index contributed by atoms with van der Waals surface area (Å²) in [7, 11) is 0. The maximum absolute atomic E-state index is 13.4. The molecule has 0 aromatic heterocycles. The van der Waals surface area contributed by atoms with Gasteiger partial charge in [0.05, 0.1) is 17.7 Å². The summed E-state index contributed by atoms with van der Waals surface area (Å²) in [6, 6.07) is 7.40. The summed E-state index contributed by atoms with van der Waals surface area (Å²) < 4.78 is 119. The number of amides is 1. The number of carbonyl (C=O) groups excluding carboxylic acids is 1. The van der Waals surface area contributed by atoms with E-state index in [2.05, 4.69) is 17.0 Å². The van der Waals surface area contributed by atoms with Crippen molar-refractivity contribution in [3.05, 3.63) is 82.1 Å². The van der Waals surface area contributed by atoms with Crippen molar-refractivity contribution in [1.29, 1.82) is 0 Å². The van der Waals surface area contributed by atoms with Gasteiger partial charge in [-0.15, -0.1) is 0 Å². The van der Waals surface area contributed by atoms with Crippen molar-refractivity contribution < 1.29 is 49.4 Å². The molecule has 6 nitrogen and oxygen atoms in total. The molecule has 0 saturated carbocycles. The van der Waals surface area contributed by atoms with Crippen molar-refractivity contribution in [1.82, 2.24) is 15.2 Å². The van der Waals surface area contributed by atoms with Gasteiger partial charge in [-0.25, -0.2) is 5.01 Å². The van der Waals surface area contributed by atoms with Crippen LogP contribution in [0, 0.1) is 0 Å². The van der Waals surface area contributed by atoms with E-state index in [9.17, 15) is 49.4 Å². The number of nitrogens with zero attached hydrogens (tertiary/aromatic N) is 3. The van der Waals surface area contributed by atoms with Gasteiger partial charge in [-0.2, -0.15) is 44.6 Å². The van der Waals surface area contributed by atoms with Crippen LogP contribution in [0.2, 0.25) is 5.02 Å². The molecule has 0 fully saturated rings. The van der Waals surface area contributed by atoms with Gasteiger partial charge >= 0.3 is 18.5 Å². The third-order valence-electron chi connectivity index (χ3n) is 5.43. The largest absolute Gasteiger partial charge is 0.417 e. The minimum Gasteiger partial charge on any atom is -0.382 e. The Morgan fingerprint density at radius 1 is 1.00 bits per heavy atom. The summed E-state index contributed by atoms with van der Waals surface area (Å²) in [5.74, 6) is -1.46. The molecule has 1 aliphatic rings. The van der Waals surface area contributed by atoms with Crippen LogP contribution in [0.15, 0.2) is 60.0 Å². The molecule has 0 aliphatic carbocycles. The highest BCUT2D eigenvalue weighted by atomic mass is 35.5. The van der Waals surface area contributed by atoms with Gasteiger partial charge in [0.1, 0.15) is 12.4 Å². The molecule has 1 atom stereocenters. The maximum Gasteiger partial charge on any atom is 0.417 e. The second-order valence-electron chi connectivity index (χ2n) is 8.18. The highest BCUT2D eigenvalue weighted by Gasteiger charge is 2.45. The van der Waals surface area contributed by atoms with Crippen molar-refractivity contribution in [3.8, 4) is 0 Å². The molecule has 16 heteroatoms. The van der Waals surface area contributed by atoms with Gasteiger partial charge in [-0.1, -0.05) is 30.3 Å². The van der Waals surface area contributed by atoms with Crippen LogP contribution in [0.1, 0.15) is 22.3 Å². The number of aliphatic hydroxyl groups excluding tert-OH is 1. The van der Waals surface area contributed by atoms with Gasteiger partial charge in [0.2, 0.25) is 5.91 Å². The van der Waals surface area contributed by atoms with E-state index in [4.69, 9.17) is 11.6 Å². The summed E-state index contributed by atoms with van der Waals surface area (Å²) in [6.07, 6.45) is -18.5. The lowest BCUT2D eigenvalue weighted by Gasteiger charge is -2.26. The molecular formula is C23H18ClF9N4O2. The van der Waals surface area contributed by atoms with Gasteiger partial charge in [0.25, 0.3) is 0 Å². The highest BCUT2D eigenvalue weighted by Crippen LogP contribution is 2.42. The van der Waals surface area contributed by atoms with E-state index in [0.29, 0.717) is 5.02 Å². The van der Waals surface area contributed by atoms with Crippen LogP contribution >= 0.6 is 11.6 Å². The van der Waals surface area contributed by atoms with Crippen molar-refractivity contribution in [3.63, 3.8) is 0 Å². The van der Waals surface area contributed by atoms with Crippen LogP contribution < -0.4 is 5.32 Å². The molecular weight excluding hydrogens is 571 g/mol. The average molecular weight is 589 g/mol. The molecule has 1 unspecified atom stereocenters. The number of rotatable bonds is 7. The number of nitrogens with one attached hydrogen (secondary N) is 1. The SMILES string of the molecule is C=C1N(CC(=O)NCc2cccc(C(F)(F)F)c2C(F)(F)F)N=C(c2ccc(Cl)cc2)N1CC(O)C(F)(F)F. The Kier molecular flexibility index (Phi) is 8.46. The van der Waals surface area contributed by atoms with Crippen LogP contribution in [0.25, 0.3) is 0 Å². The number of hydrogen-bond acceptors (Lipinski definition) is 5. The van der Waals surface area contributed by atoms with Crippen LogP contribution in [-0.2, 0) is 23.7 Å². The highest BCUT2D eigenvalue weighted by molar-refractivity contribution is 6.30. The zero-order chi connectivity index (χ0) is 29.3. The van der Waals surface area contributed by atoms with Crippen molar-refractivity contribution in [2.75, 3.05) is 13.1 Å². The minimum atomic E-state index is -5.38. The second kappa shape index (κ2) is 11.0. The average Bonchev–Trinajstić information content (AvgIpc) is 3.11. The molecule has 0 spiro atoms. The first-order chi connectivity index (χ1) is 17.9. The Morgan fingerprint density at radius 2 is 1.62 bits per heavy atom. The third kappa shape index (κ3) is 7.15. The molecule has 2 aromatic rings. The monoisotopic (exact) mass is 588 g/mol. The van der Waals surface area contributed by atoms with Crippen LogP contribution in [0.3, 0.4) is 0 Å². The molecule has 1 aliphatic heterocycles. The lowest BCUT2D eigenvalue weighted by Crippen LogP contribution is -2.43. The van der Waals surface area contributed by atoms with E-state index in [0.717, 1.165) is 22.0 Å². The molecule has 0 radical (unpaired) electrons. The third-order valence-corrected chi connectivity index (χ3v) is 5.68. The van der Waals surface area contributed by atoms with E-state index in [1.54, 1.807) is 0 Å². The number of aliphatic hydroxyl groups is 1. The van der Waals surface area contributed by atoms with Gasteiger partial charge in [0.15, 0.2) is 11.9 Å². The Morgan fingerprint density at radius 3 is 2.15 bits per heavy atom. The number of amidine groups is 1. The summed E-state index contributed by atoms with van der Waals surface area (Å²) >= 11 is 5.83. The summed E-state index contributed by atoms with van der Waals surface area (Å²) in [6.45, 7) is 0.815. The lowest BCUT2D eigenvalue weighted by molar-refractivity contribution is -0.205. The fourth-order valence-electron chi connectivity index (χ4n) is 3.60. The molecule has 212 valence electrons. The number of alkyl halides is 9. The summed E-state index contributed by atoms with van der Waals surface area (Å²) in [4.78, 5) is 13.4. The van der Waals surface area contributed by atoms with E-state index in [1.807, 2.05) is 0 Å². The first-order valence-corrected chi connectivity index (χ1v) is 11.1. The maximum atomic E-state index is 13.4. The van der Waals surface area contributed by atoms with Crippen molar-refractivity contribution >= 4 is 23.3 Å². The van der Waals surface area contributed by atoms with Gasteiger partial charge in [-0.3, -0.25) is 4.79 Å². The van der Waals surface area contributed by atoms with Gasteiger partial charge < -0.3 is 15.3 Å². The Labute approximate surface area is 219 Å². The topological polar surface area (TPSA) is 68.2 Å².